The Morgan fingerprint density at radius 1 is 1.18 bits per heavy atom. The maximum atomic E-state index is 14.1. The highest BCUT2D eigenvalue weighted by Gasteiger charge is 2.72. The summed E-state index contributed by atoms with van der Waals surface area (Å²) in [5, 5.41) is 6.75. The van der Waals surface area contributed by atoms with E-state index in [1.165, 1.54) is 0 Å². The third kappa shape index (κ3) is 5.00. The molecule has 0 radical (unpaired) electrons. The van der Waals surface area contributed by atoms with Crippen LogP contribution in [0.2, 0.25) is 5.02 Å². The SMILES string of the molecule is CCN(CC)CCN1C(=O)[C@@H]2[C@H](C(=O)Nc3cccc(Cl)c3)[C@@H]3C=C[C@@]2(O3)[C@@H]1C(=O)N[C@@H]1CCC[C@@H](C)[C@@H]1C. The summed E-state index contributed by atoms with van der Waals surface area (Å²) in [6.07, 6.45) is 6.33. The second-order valence-corrected chi connectivity index (χ2v) is 12.1. The van der Waals surface area contributed by atoms with Crippen LogP contribution in [0.1, 0.15) is 47.0 Å². The minimum atomic E-state index is -1.16. The number of anilines is 1. The molecule has 0 unspecified atom stereocenters. The smallest absolute Gasteiger partial charge is 0.246 e. The predicted octanol–water partition coefficient (Wildman–Crippen LogP) is 3.71. The molecule has 1 saturated carbocycles. The van der Waals surface area contributed by atoms with Crippen molar-refractivity contribution in [1.29, 1.82) is 0 Å². The van der Waals surface area contributed by atoms with E-state index in [1.54, 1.807) is 29.2 Å². The van der Waals surface area contributed by atoms with Gasteiger partial charge in [-0.25, -0.2) is 0 Å². The van der Waals surface area contributed by atoms with Crippen molar-refractivity contribution in [3.05, 3.63) is 41.4 Å². The highest BCUT2D eigenvalue weighted by atomic mass is 35.5. The van der Waals surface area contributed by atoms with Crippen LogP contribution in [0.15, 0.2) is 36.4 Å². The molecule has 1 spiro atoms. The third-order valence-electron chi connectivity index (χ3n) is 9.60. The lowest BCUT2D eigenvalue weighted by atomic mass is 9.73. The van der Waals surface area contributed by atoms with Crippen LogP contribution in [-0.4, -0.2) is 77.5 Å². The summed E-state index contributed by atoms with van der Waals surface area (Å²) < 4.78 is 6.48. The second kappa shape index (κ2) is 11.2. The number of amides is 3. The van der Waals surface area contributed by atoms with Crippen LogP contribution in [-0.2, 0) is 19.1 Å². The zero-order valence-corrected chi connectivity index (χ0v) is 24.1. The molecular formula is C30H41ClN4O4. The molecule has 2 saturated heterocycles. The molecule has 2 N–H and O–H groups in total. The van der Waals surface area contributed by atoms with Gasteiger partial charge in [0.1, 0.15) is 11.6 Å². The molecule has 5 rings (SSSR count). The largest absolute Gasteiger partial charge is 0.359 e. The van der Waals surface area contributed by atoms with E-state index < -0.39 is 29.6 Å². The second-order valence-electron chi connectivity index (χ2n) is 11.6. The number of rotatable bonds is 9. The fourth-order valence-electron chi connectivity index (χ4n) is 7.14. The molecular weight excluding hydrogens is 516 g/mol. The minimum absolute atomic E-state index is 0.0564. The molecule has 1 aliphatic carbocycles. The minimum Gasteiger partial charge on any atom is -0.359 e. The van der Waals surface area contributed by atoms with Crippen LogP contribution < -0.4 is 10.6 Å². The zero-order valence-electron chi connectivity index (χ0n) is 23.4. The van der Waals surface area contributed by atoms with E-state index in [1.807, 2.05) is 12.2 Å². The van der Waals surface area contributed by atoms with E-state index in [4.69, 9.17) is 16.3 Å². The predicted molar refractivity (Wildman–Crippen MR) is 151 cm³/mol. The Morgan fingerprint density at radius 3 is 2.67 bits per heavy atom. The van der Waals surface area contributed by atoms with Gasteiger partial charge in [-0.1, -0.05) is 70.4 Å². The average molecular weight is 557 g/mol. The van der Waals surface area contributed by atoms with Gasteiger partial charge in [0, 0.05) is 29.8 Å². The van der Waals surface area contributed by atoms with Crippen molar-refractivity contribution < 1.29 is 19.1 Å². The first kappa shape index (κ1) is 28.1. The van der Waals surface area contributed by atoms with Crippen molar-refractivity contribution in [3.63, 3.8) is 0 Å². The lowest BCUT2D eigenvalue weighted by Gasteiger charge is -2.38. The molecule has 2 bridgehead atoms. The van der Waals surface area contributed by atoms with Crippen molar-refractivity contribution in [3.8, 4) is 0 Å². The number of ether oxygens (including phenoxy) is 1. The van der Waals surface area contributed by atoms with Crippen LogP contribution in [0.5, 0.6) is 0 Å². The molecule has 3 heterocycles. The van der Waals surface area contributed by atoms with E-state index in [-0.39, 0.29) is 23.8 Å². The first-order valence-corrected chi connectivity index (χ1v) is 14.8. The first-order valence-electron chi connectivity index (χ1n) is 14.5. The topological polar surface area (TPSA) is 91.0 Å². The fraction of sp³-hybridized carbons (Fsp3) is 0.633. The molecule has 8 nitrogen and oxygen atoms in total. The summed E-state index contributed by atoms with van der Waals surface area (Å²) in [5.74, 6) is -1.29. The summed E-state index contributed by atoms with van der Waals surface area (Å²) >= 11 is 6.12. The van der Waals surface area contributed by atoms with Crippen molar-refractivity contribution in [2.24, 2.45) is 23.7 Å². The van der Waals surface area contributed by atoms with Gasteiger partial charge in [-0.2, -0.15) is 0 Å². The summed E-state index contributed by atoms with van der Waals surface area (Å²) in [6, 6.07) is 6.18. The number of nitrogens with zero attached hydrogens (tertiary/aromatic N) is 2. The molecule has 1 aromatic rings. The molecule has 3 aliphatic heterocycles. The number of likely N-dealkylation sites (tertiary alicyclic amines) is 1. The third-order valence-corrected chi connectivity index (χ3v) is 9.84. The Bertz CT molecular complexity index is 1140. The van der Waals surface area contributed by atoms with Gasteiger partial charge in [-0.15, -0.1) is 0 Å². The Labute approximate surface area is 236 Å². The highest BCUT2D eigenvalue weighted by molar-refractivity contribution is 6.30. The Morgan fingerprint density at radius 2 is 1.95 bits per heavy atom. The fourth-order valence-corrected chi connectivity index (χ4v) is 7.33. The molecule has 3 fully saturated rings. The molecule has 9 heteroatoms. The van der Waals surface area contributed by atoms with Crippen LogP contribution in [0.3, 0.4) is 0 Å². The standard InChI is InChI=1S/C30H41ClN4O4/c1-5-34(6-2)15-16-35-26(28(37)33-22-12-7-9-18(3)19(22)4)30-14-13-23(39-30)24(25(30)29(35)38)27(36)32-21-11-8-10-20(31)17-21/h8,10-11,13-14,17-19,22-26H,5-7,9,12,15-16H2,1-4H3,(H,32,36)(H,33,37)/t18-,19+,22-,23+,24-,25+,26+,30+/m1/s1. The lowest BCUT2D eigenvalue weighted by molar-refractivity contribution is -0.141. The zero-order chi connectivity index (χ0) is 27.9. The number of carbonyl (C=O) groups is 3. The monoisotopic (exact) mass is 556 g/mol. The van der Waals surface area contributed by atoms with Gasteiger partial charge in [-0.3, -0.25) is 14.4 Å². The summed E-state index contributed by atoms with van der Waals surface area (Å²) in [5.41, 5.74) is -0.596. The normalized spacial score (nSPS) is 35.0. The number of fused-ring (bicyclic) bond motifs is 1. The number of nitrogens with one attached hydrogen (secondary N) is 2. The lowest BCUT2D eigenvalue weighted by Crippen LogP contribution is -2.58. The summed E-state index contributed by atoms with van der Waals surface area (Å²) in [7, 11) is 0. The molecule has 4 aliphatic rings. The number of hydrogen-bond acceptors (Lipinski definition) is 5. The van der Waals surface area contributed by atoms with Crippen LogP contribution in [0.4, 0.5) is 5.69 Å². The molecule has 3 amide bonds. The van der Waals surface area contributed by atoms with E-state index in [0.717, 1.165) is 32.4 Å². The molecule has 39 heavy (non-hydrogen) atoms. The summed E-state index contributed by atoms with van der Waals surface area (Å²) in [6.45, 7) is 11.4. The van der Waals surface area contributed by atoms with Gasteiger partial charge in [0.25, 0.3) is 0 Å². The number of benzene rings is 1. The highest BCUT2D eigenvalue weighted by Crippen LogP contribution is 2.55. The first-order chi connectivity index (χ1) is 18.7. The van der Waals surface area contributed by atoms with E-state index in [0.29, 0.717) is 35.6 Å². The van der Waals surface area contributed by atoms with Gasteiger partial charge in [0.2, 0.25) is 17.7 Å². The molecule has 0 aromatic heterocycles. The number of carbonyl (C=O) groups excluding carboxylic acids is 3. The molecule has 212 valence electrons. The van der Waals surface area contributed by atoms with E-state index >= 15 is 0 Å². The number of likely N-dealkylation sites (N-methyl/N-ethyl adjacent to an activating group) is 1. The number of hydrogen-bond donors (Lipinski definition) is 2. The van der Waals surface area contributed by atoms with Gasteiger partial charge >= 0.3 is 0 Å². The van der Waals surface area contributed by atoms with Crippen molar-refractivity contribution in [2.75, 3.05) is 31.5 Å². The van der Waals surface area contributed by atoms with Crippen LogP contribution in [0, 0.1) is 23.7 Å². The van der Waals surface area contributed by atoms with Gasteiger partial charge < -0.3 is 25.2 Å². The van der Waals surface area contributed by atoms with Crippen molar-refractivity contribution in [2.45, 2.75) is 70.7 Å². The molecule has 8 atom stereocenters. The van der Waals surface area contributed by atoms with Crippen molar-refractivity contribution in [1.82, 2.24) is 15.1 Å². The maximum Gasteiger partial charge on any atom is 0.246 e. The van der Waals surface area contributed by atoms with E-state index in [9.17, 15) is 14.4 Å². The maximum absolute atomic E-state index is 14.1. The summed E-state index contributed by atoms with van der Waals surface area (Å²) in [4.78, 5) is 45.7. The van der Waals surface area contributed by atoms with Gasteiger partial charge in [-0.05, 0) is 49.5 Å². The van der Waals surface area contributed by atoms with Crippen molar-refractivity contribution >= 4 is 35.0 Å². The quantitative estimate of drug-likeness (QED) is 0.453. The van der Waals surface area contributed by atoms with E-state index in [2.05, 4.69) is 43.2 Å². The average Bonchev–Trinajstić information content (AvgIpc) is 3.55. The molecule has 1 aromatic carbocycles. The van der Waals surface area contributed by atoms with Crippen LogP contribution >= 0.6 is 11.6 Å². The Hall–Kier alpha value is -2.42. The van der Waals surface area contributed by atoms with Gasteiger partial charge in [0.05, 0.1) is 17.9 Å². The van der Waals surface area contributed by atoms with Gasteiger partial charge in [0.15, 0.2) is 0 Å². The number of halogens is 1. The Kier molecular flexibility index (Phi) is 8.09. The van der Waals surface area contributed by atoms with Crippen LogP contribution in [0.25, 0.3) is 0 Å². The Balaban J connectivity index is 1.43.